The van der Waals surface area contributed by atoms with Gasteiger partial charge in [0.1, 0.15) is 4.21 Å². The van der Waals surface area contributed by atoms with Crippen molar-refractivity contribution in [1.82, 2.24) is 4.90 Å². The van der Waals surface area contributed by atoms with Gasteiger partial charge in [0.15, 0.2) is 0 Å². The van der Waals surface area contributed by atoms with E-state index in [1.165, 1.54) is 6.07 Å². The zero-order valence-electron chi connectivity index (χ0n) is 10.6. The number of likely N-dealkylation sites (tertiary alicyclic amines) is 1. The molecule has 1 fully saturated rings. The standard InChI is InChI=1S/C12H16ClNO3S2/c1-2-10-5-3-4-6-14(10)12(15)9-7-11(18-8-9)19(13,16)17/h7-8,10H,2-6H2,1H3. The molecule has 1 saturated heterocycles. The molecule has 0 spiro atoms. The maximum absolute atomic E-state index is 12.4. The van der Waals surface area contributed by atoms with Gasteiger partial charge in [-0.25, -0.2) is 8.42 Å². The van der Waals surface area contributed by atoms with E-state index in [2.05, 4.69) is 6.92 Å². The number of hydrogen-bond acceptors (Lipinski definition) is 4. The number of amides is 1. The van der Waals surface area contributed by atoms with Gasteiger partial charge in [-0.15, -0.1) is 11.3 Å². The molecule has 2 rings (SSSR count). The third kappa shape index (κ3) is 3.30. The third-order valence-electron chi connectivity index (χ3n) is 3.42. The average Bonchev–Trinajstić information content (AvgIpc) is 2.87. The lowest BCUT2D eigenvalue weighted by Gasteiger charge is -2.35. The highest BCUT2D eigenvalue weighted by Crippen LogP contribution is 2.27. The fraction of sp³-hybridized carbons (Fsp3) is 0.583. The van der Waals surface area contributed by atoms with Crippen molar-refractivity contribution in [3.63, 3.8) is 0 Å². The van der Waals surface area contributed by atoms with Crippen molar-refractivity contribution in [2.24, 2.45) is 0 Å². The molecule has 2 heterocycles. The minimum absolute atomic E-state index is 0.0302. The lowest BCUT2D eigenvalue weighted by Crippen LogP contribution is -2.43. The highest BCUT2D eigenvalue weighted by molar-refractivity contribution is 8.15. The van der Waals surface area contributed by atoms with Gasteiger partial charge in [-0.1, -0.05) is 6.92 Å². The first-order valence-corrected chi connectivity index (χ1v) is 9.46. The van der Waals surface area contributed by atoms with Crippen LogP contribution in [-0.4, -0.2) is 31.8 Å². The van der Waals surface area contributed by atoms with Crippen LogP contribution in [0.1, 0.15) is 43.0 Å². The van der Waals surface area contributed by atoms with Gasteiger partial charge in [0.25, 0.3) is 15.0 Å². The number of thiophene rings is 1. The first-order chi connectivity index (χ1) is 8.93. The molecule has 1 aromatic heterocycles. The molecule has 1 aliphatic rings. The molecule has 19 heavy (non-hydrogen) atoms. The van der Waals surface area contributed by atoms with Crippen LogP contribution in [0.4, 0.5) is 0 Å². The summed E-state index contributed by atoms with van der Waals surface area (Å²) in [4.78, 5) is 14.3. The number of piperidine rings is 1. The quantitative estimate of drug-likeness (QED) is 0.804. The molecule has 0 aromatic carbocycles. The number of hydrogen-bond donors (Lipinski definition) is 0. The number of rotatable bonds is 3. The topological polar surface area (TPSA) is 54.5 Å². The number of halogens is 1. The van der Waals surface area contributed by atoms with E-state index >= 15 is 0 Å². The first kappa shape index (κ1) is 14.8. The summed E-state index contributed by atoms with van der Waals surface area (Å²) in [7, 11) is 1.53. The molecule has 1 unspecified atom stereocenters. The number of carbonyl (C=O) groups is 1. The van der Waals surface area contributed by atoms with E-state index in [0.29, 0.717) is 5.56 Å². The van der Waals surface area contributed by atoms with Gasteiger partial charge in [0.05, 0.1) is 5.56 Å². The van der Waals surface area contributed by atoms with Crippen LogP contribution >= 0.6 is 22.0 Å². The second-order valence-electron chi connectivity index (χ2n) is 4.65. The molecule has 1 atom stereocenters. The van der Waals surface area contributed by atoms with Crippen LogP contribution in [0.25, 0.3) is 0 Å². The molecule has 0 aliphatic carbocycles. The maximum atomic E-state index is 12.4. The Labute approximate surface area is 121 Å². The SMILES string of the molecule is CCC1CCCCN1C(=O)c1csc(S(=O)(=O)Cl)c1. The van der Waals surface area contributed by atoms with Crippen molar-refractivity contribution in [3.05, 3.63) is 17.0 Å². The van der Waals surface area contributed by atoms with Crippen LogP contribution in [0.2, 0.25) is 0 Å². The minimum Gasteiger partial charge on any atom is -0.336 e. The fourth-order valence-electron chi connectivity index (χ4n) is 2.41. The summed E-state index contributed by atoms with van der Waals surface area (Å²) < 4.78 is 22.5. The molecule has 1 aliphatic heterocycles. The third-order valence-corrected chi connectivity index (χ3v) is 6.46. The second-order valence-corrected chi connectivity index (χ2v) is 8.35. The zero-order valence-corrected chi connectivity index (χ0v) is 13.0. The lowest BCUT2D eigenvalue weighted by molar-refractivity contribution is 0.0608. The fourth-order valence-corrected chi connectivity index (χ4v) is 4.35. The summed E-state index contributed by atoms with van der Waals surface area (Å²) in [5.41, 5.74) is 0.421. The van der Waals surface area contributed by atoms with Crippen LogP contribution < -0.4 is 0 Å². The van der Waals surface area contributed by atoms with Crippen LogP contribution in [0.3, 0.4) is 0 Å². The first-order valence-electron chi connectivity index (χ1n) is 6.27. The predicted molar refractivity (Wildman–Crippen MR) is 76.3 cm³/mol. The van der Waals surface area contributed by atoms with Crippen molar-refractivity contribution in [2.45, 2.75) is 42.9 Å². The average molecular weight is 322 g/mol. The van der Waals surface area contributed by atoms with Crippen LogP contribution in [0, 0.1) is 0 Å². The molecule has 0 saturated carbocycles. The zero-order chi connectivity index (χ0) is 14.0. The smallest absolute Gasteiger partial charge is 0.270 e. The largest absolute Gasteiger partial charge is 0.336 e. The van der Waals surface area contributed by atoms with Crippen molar-refractivity contribution >= 4 is 37.0 Å². The van der Waals surface area contributed by atoms with E-state index in [0.717, 1.165) is 43.6 Å². The molecule has 1 aromatic rings. The Balaban J connectivity index is 2.21. The van der Waals surface area contributed by atoms with Crippen molar-refractivity contribution < 1.29 is 13.2 Å². The Bertz CT molecular complexity index is 567. The summed E-state index contributed by atoms with van der Waals surface area (Å²) in [5, 5.41) is 1.57. The molecular formula is C12H16ClNO3S2. The van der Waals surface area contributed by atoms with Crippen LogP contribution in [0.5, 0.6) is 0 Å². The maximum Gasteiger partial charge on any atom is 0.270 e. The predicted octanol–water partition coefficient (Wildman–Crippen LogP) is 3.08. The molecule has 0 N–H and O–H groups in total. The Hall–Kier alpha value is -0.590. The van der Waals surface area contributed by atoms with Gasteiger partial charge in [-0.2, -0.15) is 0 Å². The summed E-state index contributed by atoms with van der Waals surface area (Å²) in [6.07, 6.45) is 4.10. The Morgan fingerprint density at radius 1 is 1.53 bits per heavy atom. The van der Waals surface area contributed by atoms with Crippen LogP contribution in [-0.2, 0) is 9.05 Å². The normalized spacial score (nSPS) is 20.5. The number of nitrogens with zero attached hydrogens (tertiary/aromatic N) is 1. The molecule has 7 heteroatoms. The Morgan fingerprint density at radius 3 is 2.84 bits per heavy atom. The van der Waals surface area contributed by atoms with E-state index in [4.69, 9.17) is 10.7 Å². The monoisotopic (exact) mass is 321 g/mol. The lowest BCUT2D eigenvalue weighted by atomic mass is 9.99. The molecule has 106 valence electrons. The van der Waals surface area contributed by atoms with E-state index in [1.807, 2.05) is 4.90 Å². The van der Waals surface area contributed by atoms with E-state index in [1.54, 1.807) is 5.38 Å². The Kier molecular flexibility index (Phi) is 4.53. The van der Waals surface area contributed by atoms with E-state index in [-0.39, 0.29) is 16.2 Å². The number of carbonyl (C=O) groups excluding carboxylic acids is 1. The van der Waals surface area contributed by atoms with E-state index < -0.39 is 9.05 Å². The van der Waals surface area contributed by atoms with Gasteiger partial charge >= 0.3 is 0 Å². The molecule has 0 bridgehead atoms. The van der Waals surface area contributed by atoms with Gasteiger partial charge in [0.2, 0.25) is 0 Å². The van der Waals surface area contributed by atoms with Crippen LogP contribution in [0.15, 0.2) is 15.7 Å². The summed E-state index contributed by atoms with van der Waals surface area (Å²) >= 11 is 0.990. The molecule has 0 radical (unpaired) electrons. The summed E-state index contributed by atoms with van der Waals surface area (Å²) in [5.74, 6) is -0.0885. The van der Waals surface area contributed by atoms with Gasteiger partial charge in [-0.3, -0.25) is 4.79 Å². The van der Waals surface area contributed by atoms with Gasteiger partial charge < -0.3 is 4.90 Å². The highest BCUT2D eigenvalue weighted by atomic mass is 35.7. The molecule has 1 amide bonds. The second kappa shape index (κ2) is 5.81. The van der Waals surface area contributed by atoms with Crippen molar-refractivity contribution in [2.75, 3.05) is 6.54 Å². The highest BCUT2D eigenvalue weighted by Gasteiger charge is 2.27. The van der Waals surface area contributed by atoms with Gasteiger partial charge in [-0.05, 0) is 31.7 Å². The molecular weight excluding hydrogens is 306 g/mol. The van der Waals surface area contributed by atoms with Crippen molar-refractivity contribution in [3.8, 4) is 0 Å². The Morgan fingerprint density at radius 2 is 2.26 bits per heavy atom. The minimum atomic E-state index is -3.75. The summed E-state index contributed by atoms with van der Waals surface area (Å²) in [6.45, 7) is 2.81. The molecule has 4 nitrogen and oxygen atoms in total. The van der Waals surface area contributed by atoms with Crippen molar-refractivity contribution in [1.29, 1.82) is 0 Å². The summed E-state index contributed by atoms with van der Waals surface area (Å²) in [6, 6.07) is 1.63. The van der Waals surface area contributed by atoms with E-state index in [9.17, 15) is 13.2 Å². The van der Waals surface area contributed by atoms with Gasteiger partial charge in [0, 0.05) is 28.6 Å².